The summed E-state index contributed by atoms with van der Waals surface area (Å²) in [7, 11) is 0. The number of aryl methyl sites for hydroxylation is 2. The normalized spacial score (nSPS) is 14.5. The number of nitrogens with one attached hydrogen (secondary N) is 1. The van der Waals surface area contributed by atoms with Gasteiger partial charge in [-0.2, -0.15) is 0 Å². The van der Waals surface area contributed by atoms with Crippen molar-refractivity contribution in [1.82, 2.24) is 10.2 Å². The lowest BCUT2D eigenvalue weighted by Gasteiger charge is -2.33. The lowest BCUT2D eigenvalue weighted by molar-refractivity contribution is -0.143. The van der Waals surface area contributed by atoms with Crippen molar-refractivity contribution in [3.05, 3.63) is 100 Å². The number of benzene rings is 3. The van der Waals surface area contributed by atoms with Gasteiger partial charge in [0.2, 0.25) is 5.91 Å². The Bertz CT molecular complexity index is 1210. The molecule has 3 aromatic carbocycles. The molecule has 1 fully saturated rings. The second-order valence-electron chi connectivity index (χ2n) is 10.3. The highest BCUT2D eigenvalue weighted by Gasteiger charge is 2.32. The molecule has 1 aliphatic carbocycles. The summed E-state index contributed by atoms with van der Waals surface area (Å²) in [5.74, 6) is 0.325. The van der Waals surface area contributed by atoms with Gasteiger partial charge in [-0.05, 0) is 67.1 Å². The molecule has 200 valence electrons. The highest BCUT2D eigenvalue weighted by Crippen LogP contribution is 2.22. The van der Waals surface area contributed by atoms with Gasteiger partial charge < -0.3 is 15.0 Å². The summed E-state index contributed by atoms with van der Waals surface area (Å²) < 4.78 is 6.00. The summed E-state index contributed by atoms with van der Waals surface area (Å²) in [4.78, 5) is 29.3. The van der Waals surface area contributed by atoms with E-state index in [2.05, 4.69) is 5.32 Å². The van der Waals surface area contributed by atoms with Crippen LogP contribution >= 0.6 is 11.6 Å². The molecule has 6 heteroatoms. The predicted molar refractivity (Wildman–Crippen MR) is 152 cm³/mol. The van der Waals surface area contributed by atoms with Crippen LogP contribution in [-0.4, -0.2) is 35.4 Å². The minimum absolute atomic E-state index is 0.116. The molecule has 1 atom stereocenters. The van der Waals surface area contributed by atoms with Crippen molar-refractivity contribution in [2.75, 3.05) is 6.61 Å². The average Bonchev–Trinajstić information content (AvgIpc) is 2.93. The SMILES string of the molecule is Cc1ccc(C)c(OCC(=O)N(Cc2ccc(Cl)cc2)[C@H](Cc2ccccc2)C(=O)NC2CCCCC2)c1. The summed E-state index contributed by atoms with van der Waals surface area (Å²) in [5.41, 5.74) is 3.92. The molecule has 0 radical (unpaired) electrons. The first-order valence-electron chi connectivity index (χ1n) is 13.5. The van der Waals surface area contributed by atoms with Gasteiger partial charge in [0.1, 0.15) is 11.8 Å². The molecule has 4 rings (SSSR count). The molecule has 1 saturated carbocycles. The van der Waals surface area contributed by atoms with E-state index in [9.17, 15) is 9.59 Å². The quantitative estimate of drug-likeness (QED) is 0.327. The molecule has 0 heterocycles. The monoisotopic (exact) mass is 532 g/mol. The first-order chi connectivity index (χ1) is 18.4. The largest absolute Gasteiger partial charge is 0.483 e. The van der Waals surface area contributed by atoms with Crippen LogP contribution in [0.1, 0.15) is 54.4 Å². The number of nitrogens with zero attached hydrogens (tertiary/aromatic N) is 1. The first-order valence-corrected chi connectivity index (χ1v) is 13.8. The Morgan fingerprint density at radius 2 is 1.66 bits per heavy atom. The van der Waals surface area contributed by atoms with Crippen LogP contribution in [0.3, 0.4) is 0 Å². The number of carbonyl (C=O) groups excluding carboxylic acids is 2. The van der Waals surface area contributed by atoms with E-state index < -0.39 is 6.04 Å². The van der Waals surface area contributed by atoms with Gasteiger partial charge >= 0.3 is 0 Å². The molecule has 3 aromatic rings. The number of halogens is 1. The Morgan fingerprint density at radius 3 is 2.37 bits per heavy atom. The van der Waals surface area contributed by atoms with Gasteiger partial charge in [0.05, 0.1) is 0 Å². The van der Waals surface area contributed by atoms with Crippen LogP contribution < -0.4 is 10.1 Å². The standard InChI is InChI=1S/C32H37ClN2O3/c1-23-13-14-24(2)30(19-23)38-22-31(36)35(21-26-15-17-27(33)18-16-26)29(20-25-9-5-3-6-10-25)32(37)34-28-11-7-4-8-12-28/h3,5-6,9-10,13-19,28-29H,4,7-8,11-12,20-22H2,1-2H3,(H,34,37)/t29-/m1/s1. The summed E-state index contributed by atoms with van der Waals surface area (Å²) in [6.45, 7) is 4.08. The van der Waals surface area contributed by atoms with Crippen molar-refractivity contribution in [1.29, 1.82) is 0 Å². The number of rotatable bonds is 10. The minimum atomic E-state index is -0.676. The van der Waals surface area contributed by atoms with Gasteiger partial charge in [-0.1, -0.05) is 85.5 Å². The molecular formula is C32H37ClN2O3. The number of ether oxygens (including phenoxy) is 1. The van der Waals surface area contributed by atoms with E-state index in [1.165, 1.54) is 6.42 Å². The zero-order valence-corrected chi connectivity index (χ0v) is 23.0. The van der Waals surface area contributed by atoms with E-state index in [-0.39, 0.29) is 31.0 Å². The molecule has 0 aliphatic heterocycles. The van der Waals surface area contributed by atoms with E-state index in [1.54, 1.807) is 17.0 Å². The third kappa shape index (κ3) is 7.84. The summed E-state index contributed by atoms with van der Waals surface area (Å²) in [6, 6.07) is 22.7. The van der Waals surface area contributed by atoms with Gasteiger partial charge in [-0.15, -0.1) is 0 Å². The second-order valence-corrected chi connectivity index (χ2v) is 10.7. The molecule has 0 aromatic heterocycles. The highest BCUT2D eigenvalue weighted by atomic mass is 35.5. The Balaban J connectivity index is 1.62. The molecule has 0 unspecified atom stereocenters. The molecule has 0 spiro atoms. The van der Waals surface area contributed by atoms with Crippen molar-refractivity contribution in [3.8, 4) is 5.75 Å². The van der Waals surface area contributed by atoms with Gasteiger partial charge in [0.25, 0.3) is 5.91 Å². The molecular weight excluding hydrogens is 496 g/mol. The molecule has 1 N–H and O–H groups in total. The highest BCUT2D eigenvalue weighted by molar-refractivity contribution is 6.30. The van der Waals surface area contributed by atoms with Crippen molar-refractivity contribution < 1.29 is 14.3 Å². The number of hydrogen-bond donors (Lipinski definition) is 1. The van der Waals surface area contributed by atoms with E-state index >= 15 is 0 Å². The Kier molecular flexibility index (Phi) is 9.83. The fraction of sp³-hybridized carbons (Fsp3) is 0.375. The minimum Gasteiger partial charge on any atom is -0.483 e. The van der Waals surface area contributed by atoms with Crippen molar-refractivity contribution >= 4 is 23.4 Å². The number of hydrogen-bond acceptors (Lipinski definition) is 3. The molecule has 0 bridgehead atoms. The van der Waals surface area contributed by atoms with Crippen molar-refractivity contribution in [3.63, 3.8) is 0 Å². The zero-order valence-electron chi connectivity index (χ0n) is 22.3. The van der Waals surface area contributed by atoms with Gasteiger partial charge in [-0.3, -0.25) is 9.59 Å². The molecule has 1 aliphatic rings. The summed E-state index contributed by atoms with van der Waals surface area (Å²) in [6.07, 6.45) is 5.81. The van der Waals surface area contributed by atoms with Crippen LogP contribution in [0.5, 0.6) is 5.75 Å². The Hall–Kier alpha value is -3.31. The van der Waals surface area contributed by atoms with Crippen LogP contribution in [0.2, 0.25) is 5.02 Å². The van der Waals surface area contributed by atoms with E-state index in [4.69, 9.17) is 16.3 Å². The zero-order chi connectivity index (χ0) is 26.9. The van der Waals surface area contributed by atoms with Crippen LogP contribution in [0, 0.1) is 13.8 Å². The average molecular weight is 533 g/mol. The molecule has 0 saturated heterocycles. The Morgan fingerprint density at radius 1 is 0.947 bits per heavy atom. The van der Waals surface area contributed by atoms with Crippen molar-refractivity contribution in [2.45, 2.75) is 71.0 Å². The van der Waals surface area contributed by atoms with E-state index in [0.29, 0.717) is 17.2 Å². The Labute approximate surface area is 231 Å². The predicted octanol–water partition coefficient (Wildman–Crippen LogP) is 6.42. The van der Waals surface area contributed by atoms with Gasteiger partial charge in [0, 0.05) is 24.0 Å². The fourth-order valence-corrected chi connectivity index (χ4v) is 5.10. The number of amides is 2. The van der Waals surface area contributed by atoms with Gasteiger partial charge in [-0.25, -0.2) is 0 Å². The van der Waals surface area contributed by atoms with Crippen LogP contribution in [0.15, 0.2) is 72.8 Å². The van der Waals surface area contributed by atoms with Crippen molar-refractivity contribution in [2.24, 2.45) is 0 Å². The topological polar surface area (TPSA) is 58.6 Å². The maximum Gasteiger partial charge on any atom is 0.261 e. The molecule has 38 heavy (non-hydrogen) atoms. The number of carbonyl (C=O) groups is 2. The lowest BCUT2D eigenvalue weighted by Crippen LogP contribution is -2.53. The van der Waals surface area contributed by atoms with Gasteiger partial charge in [0.15, 0.2) is 6.61 Å². The first kappa shape index (κ1) is 27.7. The lowest BCUT2D eigenvalue weighted by atomic mass is 9.94. The fourth-order valence-electron chi connectivity index (χ4n) is 4.97. The van der Waals surface area contributed by atoms with E-state index in [1.807, 2.05) is 74.5 Å². The van der Waals surface area contributed by atoms with Crippen LogP contribution in [-0.2, 0) is 22.6 Å². The third-order valence-electron chi connectivity index (χ3n) is 7.18. The molecule has 5 nitrogen and oxygen atoms in total. The third-order valence-corrected chi connectivity index (χ3v) is 7.44. The second kappa shape index (κ2) is 13.5. The molecule has 2 amide bonds. The van der Waals surface area contributed by atoms with Crippen LogP contribution in [0.25, 0.3) is 0 Å². The maximum atomic E-state index is 13.8. The smallest absolute Gasteiger partial charge is 0.261 e. The maximum absolute atomic E-state index is 13.8. The summed E-state index contributed by atoms with van der Waals surface area (Å²) >= 11 is 6.12. The summed E-state index contributed by atoms with van der Waals surface area (Å²) in [5, 5.41) is 3.89. The van der Waals surface area contributed by atoms with Crippen LogP contribution in [0.4, 0.5) is 0 Å². The van der Waals surface area contributed by atoms with E-state index in [0.717, 1.165) is 47.9 Å².